The van der Waals surface area contributed by atoms with E-state index in [9.17, 15) is 4.79 Å². The molecule has 134 valence electrons. The molecule has 5 heteroatoms. The number of benzene rings is 2. The summed E-state index contributed by atoms with van der Waals surface area (Å²) in [5.41, 5.74) is 3.75. The van der Waals surface area contributed by atoms with Gasteiger partial charge >= 0.3 is 0 Å². The average molecular weight is 361 g/mol. The summed E-state index contributed by atoms with van der Waals surface area (Å²) >= 11 is 6.09. The summed E-state index contributed by atoms with van der Waals surface area (Å²) < 4.78 is 5.30. The van der Waals surface area contributed by atoms with Gasteiger partial charge in [-0.05, 0) is 41.7 Å². The zero-order valence-electron chi connectivity index (χ0n) is 15.4. The maximum Gasteiger partial charge on any atom is 0.243 e. The topological polar surface area (TPSA) is 50.4 Å². The summed E-state index contributed by atoms with van der Waals surface area (Å²) in [5.74, 6) is 0.482. The summed E-state index contributed by atoms with van der Waals surface area (Å²) in [5, 5.41) is 6.61. The van der Waals surface area contributed by atoms with Gasteiger partial charge in [-0.25, -0.2) is 0 Å². The molecule has 0 atom stereocenters. The lowest BCUT2D eigenvalue weighted by Crippen LogP contribution is -2.22. The summed E-state index contributed by atoms with van der Waals surface area (Å²) in [6, 6.07) is 11.5. The van der Waals surface area contributed by atoms with E-state index in [2.05, 4.69) is 31.4 Å². The standard InChI is InChI=1S/C20H25ClN2O2/c1-13-10-17(18(25-5)11-16(13)21)22-12-19(24)23-15-8-6-14(7-9-15)20(2,3)4/h6-11,22H,12H2,1-5H3,(H,23,24). The number of halogens is 1. The molecule has 2 aromatic rings. The molecule has 0 unspecified atom stereocenters. The zero-order valence-corrected chi connectivity index (χ0v) is 16.1. The molecular weight excluding hydrogens is 336 g/mol. The van der Waals surface area contributed by atoms with E-state index in [1.165, 1.54) is 5.56 Å². The third kappa shape index (κ3) is 5.13. The summed E-state index contributed by atoms with van der Waals surface area (Å²) in [6.07, 6.45) is 0. The Bertz CT molecular complexity index is 750. The third-order valence-corrected chi connectivity index (χ3v) is 4.36. The van der Waals surface area contributed by atoms with Crippen LogP contribution in [0.25, 0.3) is 0 Å². The van der Waals surface area contributed by atoms with Gasteiger partial charge in [-0.3, -0.25) is 4.79 Å². The van der Waals surface area contributed by atoms with Crippen LogP contribution in [0.5, 0.6) is 5.75 Å². The number of amides is 1. The SMILES string of the molecule is COc1cc(Cl)c(C)cc1NCC(=O)Nc1ccc(C(C)(C)C)cc1. The van der Waals surface area contributed by atoms with Crippen LogP contribution < -0.4 is 15.4 Å². The number of hydrogen-bond acceptors (Lipinski definition) is 3. The molecule has 2 N–H and O–H groups in total. The van der Waals surface area contributed by atoms with Gasteiger partial charge in [-0.2, -0.15) is 0 Å². The molecule has 0 fully saturated rings. The zero-order chi connectivity index (χ0) is 18.6. The predicted molar refractivity (Wildman–Crippen MR) is 105 cm³/mol. The highest BCUT2D eigenvalue weighted by Crippen LogP contribution is 2.30. The van der Waals surface area contributed by atoms with Crippen LogP contribution in [-0.4, -0.2) is 19.6 Å². The number of carbonyl (C=O) groups is 1. The number of methoxy groups -OCH3 is 1. The highest BCUT2D eigenvalue weighted by Gasteiger charge is 2.13. The fourth-order valence-electron chi connectivity index (χ4n) is 2.40. The Morgan fingerprint density at radius 3 is 2.36 bits per heavy atom. The first kappa shape index (κ1) is 19.1. The van der Waals surface area contributed by atoms with Crippen molar-refractivity contribution in [2.45, 2.75) is 33.1 Å². The van der Waals surface area contributed by atoms with Crippen molar-refractivity contribution in [1.29, 1.82) is 0 Å². The van der Waals surface area contributed by atoms with Crippen molar-refractivity contribution in [3.63, 3.8) is 0 Å². The molecule has 2 aromatic carbocycles. The number of hydrogen-bond donors (Lipinski definition) is 2. The van der Waals surface area contributed by atoms with E-state index in [1.807, 2.05) is 37.3 Å². The van der Waals surface area contributed by atoms with Crippen molar-refractivity contribution >= 4 is 28.9 Å². The summed E-state index contributed by atoms with van der Waals surface area (Å²) in [4.78, 5) is 12.2. The molecule has 2 rings (SSSR count). The first-order valence-electron chi connectivity index (χ1n) is 8.19. The van der Waals surface area contributed by atoms with Gasteiger partial charge < -0.3 is 15.4 Å². The molecule has 0 spiro atoms. The number of aryl methyl sites for hydroxylation is 1. The fraction of sp³-hybridized carbons (Fsp3) is 0.350. The normalized spacial score (nSPS) is 11.1. The van der Waals surface area contributed by atoms with E-state index in [-0.39, 0.29) is 17.9 Å². The Kier molecular flexibility index (Phi) is 5.96. The van der Waals surface area contributed by atoms with E-state index >= 15 is 0 Å². The van der Waals surface area contributed by atoms with Crippen molar-refractivity contribution in [2.24, 2.45) is 0 Å². The van der Waals surface area contributed by atoms with Gasteiger partial charge in [0.05, 0.1) is 19.3 Å². The minimum atomic E-state index is -0.127. The van der Waals surface area contributed by atoms with E-state index in [1.54, 1.807) is 13.2 Å². The van der Waals surface area contributed by atoms with Crippen molar-refractivity contribution in [3.05, 3.63) is 52.5 Å². The Morgan fingerprint density at radius 1 is 1.16 bits per heavy atom. The van der Waals surface area contributed by atoms with Crippen molar-refractivity contribution in [2.75, 3.05) is 24.3 Å². The largest absolute Gasteiger partial charge is 0.495 e. The smallest absolute Gasteiger partial charge is 0.243 e. The molecule has 4 nitrogen and oxygen atoms in total. The predicted octanol–water partition coefficient (Wildman–Crippen LogP) is 5.01. The lowest BCUT2D eigenvalue weighted by molar-refractivity contribution is -0.114. The van der Waals surface area contributed by atoms with Crippen LogP contribution in [0, 0.1) is 6.92 Å². The lowest BCUT2D eigenvalue weighted by Gasteiger charge is -2.19. The number of carbonyl (C=O) groups excluding carboxylic acids is 1. The van der Waals surface area contributed by atoms with E-state index in [0.29, 0.717) is 10.8 Å². The fourth-order valence-corrected chi connectivity index (χ4v) is 2.56. The van der Waals surface area contributed by atoms with Crippen LogP contribution in [0.2, 0.25) is 5.02 Å². The minimum absolute atomic E-state index is 0.0904. The van der Waals surface area contributed by atoms with E-state index in [4.69, 9.17) is 16.3 Å². The van der Waals surface area contributed by atoms with Crippen molar-refractivity contribution < 1.29 is 9.53 Å². The molecule has 0 radical (unpaired) electrons. The number of anilines is 2. The second-order valence-corrected chi connectivity index (χ2v) is 7.44. The van der Waals surface area contributed by atoms with Gasteiger partial charge in [0, 0.05) is 16.8 Å². The van der Waals surface area contributed by atoms with Gasteiger partial charge in [-0.15, -0.1) is 0 Å². The first-order chi connectivity index (χ1) is 11.7. The molecule has 0 heterocycles. The number of rotatable bonds is 5. The highest BCUT2D eigenvalue weighted by atomic mass is 35.5. The van der Waals surface area contributed by atoms with Crippen LogP contribution in [0.4, 0.5) is 11.4 Å². The van der Waals surface area contributed by atoms with Gasteiger partial charge in [0.25, 0.3) is 0 Å². The second-order valence-electron chi connectivity index (χ2n) is 7.03. The van der Waals surface area contributed by atoms with Crippen molar-refractivity contribution in [3.8, 4) is 5.75 Å². The summed E-state index contributed by atoms with van der Waals surface area (Å²) in [6.45, 7) is 8.52. The molecule has 0 bridgehead atoms. The molecule has 0 saturated carbocycles. The number of nitrogens with one attached hydrogen (secondary N) is 2. The van der Waals surface area contributed by atoms with E-state index < -0.39 is 0 Å². The molecule has 0 aromatic heterocycles. The van der Waals surface area contributed by atoms with Crippen LogP contribution >= 0.6 is 11.6 Å². The average Bonchev–Trinajstić information content (AvgIpc) is 2.55. The van der Waals surface area contributed by atoms with Gasteiger partial charge in [-0.1, -0.05) is 44.5 Å². The van der Waals surface area contributed by atoms with Crippen molar-refractivity contribution in [1.82, 2.24) is 0 Å². The monoisotopic (exact) mass is 360 g/mol. The third-order valence-electron chi connectivity index (χ3n) is 3.95. The quantitative estimate of drug-likeness (QED) is 0.788. The van der Waals surface area contributed by atoms with Crippen LogP contribution in [0.15, 0.2) is 36.4 Å². The molecule has 25 heavy (non-hydrogen) atoms. The van der Waals surface area contributed by atoms with Crippen LogP contribution in [0.1, 0.15) is 31.9 Å². The van der Waals surface area contributed by atoms with Gasteiger partial charge in [0.2, 0.25) is 5.91 Å². The van der Waals surface area contributed by atoms with E-state index in [0.717, 1.165) is 16.9 Å². The second kappa shape index (κ2) is 7.79. The molecule has 0 aliphatic heterocycles. The van der Waals surface area contributed by atoms with Crippen LogP contribution in [0.3, 0.4) is 0 Å². The lowest BCUT2D eigenvalue weighted by atomic mass is 9.87. The van der Waals surface area contributed by atoms with Gasteiger partial charge in [0.1, 0.15) is 5.75 Å². The summed E-state index contributed by atoms with van der Waals surface area (Å²) in [7, 11) is 1.57. The Balaban J connectivity index is 1.98. The Morgan fingerprint density at radius 2 is 1.80 bits per heavy atom. The first-order valence-corrected chi connectivity index (χ1v) is 8.57. The highest BCUT2D eigenvalue weighted by molar-refractivity contribution is 6.31. The molecule has 1 amide bonds. The molecule has 0 aliphatic rings. The number of ether oxygens (including phenoxy) is 1. The Hall–Kier alpha value is -2.20. The minimum Gasteiger partial charge on any atom is -0.495 e. The maximum absolute atomic E-state index is 12.2. The Labute approximate surface area is 154 Å². The molecule has 0 saturated heterocycles. The maximum atomic E-state index is 12.2. The molecular formula is C20H25ClN2O2. The molecule has 0 aliphatic carbocycles. The van der Waals surface area contributed by atoms with Crippen LogP contribution in [-0.2, 0) is 10.2 Å². The van der Waals surface area contributed by atoms with Gasteiger partial charge in [0.15, 0.2) is 0 Å².